The van der Waals surface area contributed by atoms with Crippen LogP contribution in [-0.4, -0.2) is 127 Å². The maximum atomic E-state index is 12.7. The lowest BCUT2D eigenvalue weighted by Gasteiger charge is -2.24. The zero-order chi connectivity index (χ0) is 38.9. The van der Waals surface area contributed by atoms with E-state index in [2.05, 4.69) is 84.9 Å². The summed E-state index contributed by atoms with van der Waals surface area (Å²) in [7, 11) is 5.47. The second-order valence-corrected chi connectivity index (χ2v) is 15.7. The molecule has 2 N–H and O–H groups in total. The molecule has 284 valence electrons. The third kappa shape index (κ3) is 14.0. The van der Waals surface area contributed by atoms with Crippen LogP contribution in [0.4, 0.5) is 0 Å². The smallest absolute Gasteiger partial charge is 0.355 e. The summed E-state index contributed by atoms with van der Waals surface area (Å²) < 4.78 is 74.1. The molecule has 2 aromatic carbocycles. The number of carbonyl (C=O) groups is 2. The second kappa shape index (κ2) is 17.6. The van der Waals surface area contributed by atoms with Gasteiger partial charge in [0.25, 0.3) is 0 Å². The summed E-state index contributed by atoms with van der Waals surface area (Å²) in [5.74, 6) is -0.641. The molecule has 2 aromatic heterocycles. The summed E-state index contributed by atoms with van der Waals surface area (Å²) >= 11 is 0. The number of aromatic amines is 2. The van der Waals surface area contributed by atoms with E-state index in [0.29, 0.717) is 46.7 Å². The van der Waals surface area contributed by atoms with Crippen LogP contribution < -0.4 is 0 Å². The molecular formula is C33H48N4O12S2. The lowest BCUT2D eigenvalue weighted by molar-refractivity contribution is -0.883. The molecule has 4 rings (SSSR count). The second-order valence-electron chi connectivity index (χ2n) is 13.4. The molecule has 0 saturated heterocycles. The van der Waals surface area contributed by atoms with Crippen molar-refractivity contribution < 1.29 is 62.3 Å². The first-order valence-corrected chi connectivity index (χ1v) is 18.3. The van der Waals surface area contributed by atoms with E-state index in [9.17, 15) is 35.5 Å². The summed E-state index contributed by atoms with van der Waals surface area (Å²) in [4.78, 5) is 32.1. The first-order chi connectivity index (χ1) is 23.4. The number of esters is 2. The van der Waals surface area contributed by atoms with Gasteiger partial charge in [-0.3, -0.25) is 8.37 Å². The van der Waals surface area contributed by atoms with Crippen LogP contribution >= 0.6 is 0 Å². The molecule has 0 unspecified atom stereocenters. The van der Waals surface area contributed by atoms with Crippen molar-refractivity contribution in [3.63, 3.8) is 0 Å². The van der Waals surface area contributed by atoms with Crippen molar-refractivity contribution in [2.45, 2.75) is 33.4 Å². The number of rotatable bonds is 12. The summed E-state index contributed by atoms with van der Waals surface area (Å²) in [6.07, 6.45) is 0.722. The molecule has 0 aliphatic heterocycles. The highest BCUT2D eigenvalue weighted by Gasteiger charge is 2.25. The van der Waals surface area contributed by atoms with Crippen molar-refractivity contribution in [2.75, 3.05) is 69.7 Å². The minimum Gasteiger partial charge on any atom is -0.726 e. The molecule has 4 aromatic rings. The molecule has 0 saturated carbocycles. The average molecular weight is 757 g/mol. The molecule has 2 heterocycles. The molecule has 51 heavy (non-hydrogen) atoms. The van der Waals surface area contributed by atoms with Gasteiger partial charge in [0, 0.05) is 32.9 Å². The van der Waals surface area contributed by atoms with Crippen LogP contribution in [0.1, 0.15) is 57.1 Å². The van der Waals surface area contributed by atoms with Crippen molar-refractivity contribution >= 4 is 54.5 Å². The normalized spacial score (nSPS) is 12.2. The molecule has 0 aliphatic rings. The number of hydrogen-bond donors (Lipinski definition) is 2. The number of nitrogens with one attached hydrogen (secondary N) is 2. The topological polar surface area (TPSA) is 217 Å². The predicted molar refractivity (Wildman–Crippen MR) is 188 cm³/mol. The zero-order valence-corrected chi connectivity index (χ0v) is 32.2. The maximum Gasteiger partial charge on any atom is 0.355 e. The maximum absolute atomic E-state index is 12.7. The van der Waals surface area contributed by atoms with Gasteiger partial charge in [-0.05, 0) is 55.7 Å². The van der Waals surface area contributed by atoms with Gasteiger partial charge in [0.15, 0.2) is 0 Å². The van der Waals surface area contributed by atoms with E-state index in [-0.39, 0.29) is 11.9 Å². The van der Waals surface area contributed by atoms with E-state index in [1.807, 2.05) is 26.0 Å². The summed E-state index contributed by atoms with van der Waals surface area (Å²) in [6.45, 7) is 5.69. The third-order valence-electron chi connectivity index (χ3n) is 6.98. The van der Waals surface area contributed by atoms with E-state index in [1.165, 1.54) is 0 Å². The van der Waals surface area contributed by atoms with Gasteiger partial charge in [0.05, 0.1) is 69.7 Å². The lowest BCUT2D eigenvalue weighted by Crippen LogP contribution is -2.34. The van der Waals surface area contributed by atoms with Gasteiger partial charge in [-0.2, -0.15) is 0 Å². The Morgan fingerprint density at radius 1 is 0.647 bits per heavy atom. The Kier molecular flexibility index (Phi) is 14.9. The van der Waals surface area contributed by atoms with Crippen molar-refractivity contribution in [2.24, 2.45) is 0 Å². The molecular weight excluding hydrogens is 709 g/mol. The number of ether oxygens (including phenoxy) is 2. The fourth-order valence-electron chi connectivity index (χ4n) is 5.08. The fraction of sp³-hybridized carbons (Fsp3) is 0.455. The van der Waals surface area contributed by atoms with Gasteiger partial charge in [-0.25, -0.2) is 26.4 Å². The number of aromatic nitrogens is 2. The van der Waals surface area contributed by atoms with Crippen molar-refractivity contribution in [3.8, 4) is 0 Å². The first-order valence-electron chi connectivity index (χ1n) is 15.7. The van der Waals surface area contributed by atoms with Crippen LogP contribution in [0.5, 0.6) is 0 Å². The molecule has 0 bridgehead atoms. The highest BCUT2D eigenvalue weighted by Crippen LogP contribution is 2.30. The summed E-state index contributed by atoms with van der Waals surface area (Å²) in [5.41, 5.74) is 7.16. The Hall–Kier alpha value is -3.88. The van der Waals surface area contributed by atoms with Gasteiger partial charge in [-0.1, -0.05) is 12.1 Å². The lowest BCUT2D eigenvalue weighted by atomic mass is 9.99. The van der Waals surface area contributed by atoms with Crippen LogP contribution in [0, 0.1) is 0 Å². The van der Waals surface area contributed by atoms with Gasteiger partial charge in [0.1, 0.15) is 24.5 Å². The molecule has 0 fully saturated rings. The molecule has 0 aliphatic carbocycles. The molecule has 16 nitrogen and oxygen atoms in total. The van der Waals surface area contributed by atoms with Crippen LogP contribution in [0.2, 0.25) is 0 Å². The average Bonchev–Trinajstić information content (AvgIpc) is 3.53. The fourth-order valence-corrected chi connectivity index (χ4v) is 5.08. The number of hydrogen-bond acceptors (Lipinski definition) is 12. The highest BCUT2D eigenvalue weighted by atomic mass is 32.3. The Balaban J connectivity index is 0.000000645. The van der Waals surface area contributed by atoms with Crippen LogP contribution in [0.25, 0.3) is 21.8 Å². The van der Waals surface area contributed by atoms with Crippen molar-refractivity contribution in [1.29, 1.82) is 0 Å². The highest BCUT2D eigenvalue weighted by molar-refractivity contribution is 7.81. The van der Waals surface area contributed by atoms with Gasteiger partial charge < -0.3 is 37.5 Å². The van der Waals surface area contributed by atoms with Crippen LogP contribution in [-0.2, 0) is 58.1 Å². The summed E-state index contributed by atoms with van der Waals surface area (Å²) in [5, 5.41) is 2.09. The number of carbonyl (C=O) groups excluding carboxylic acids is 2. The Morgan fingerprint density at radius 3 is 1.22 bits per heavy atom. The van der Waals surface area contributed by atoms with E-state index in [0.717, 1.165) is 64.7 Å². The van der Waals surface area contributed by atoms with Crippen LogP contribution in [0.3, 0.4) is 0 Å². The first kappa shape index (κ1) is 43.3. The largest absolute Gasteiger partial charge is 0.726 e. The van der Waals surface area contributed by atoms with Crippen molar-refractivity contribution in [1.82, 2.24) is 9.97 Å². The number of quaternary nitrogens is 2. The van der Waals surface area contributed by atoms with Crippen LogP contribution in [0.15, 0.2) is 36.4 Å². The molecule has 0 spiro atoms. The SMILES string of the molecule is CCOC(=O)c1[nH]c2ccc(Cc3ccc4[nH]c(C(=O)OCC)c(C[N+](C)(C)C)c4c3)cc2c1C[N+](C)(C)C.COS(=O)(=O)[O-].COS(=O)(=O)[O-]. The molecule has 0 atom stereocenters. The third-order valence-corrected chi connectivity index (χ3v) is 7.80. The van der Waals surface area contributed by atoms with E-state index < -0.39 is 20.8 Å². The number of nitrogens with zero attached hydrogens (tertiary/aromatic N) is 2. The number of H-pyrrole nitrogens is 2. The summed E-state index contributed by atoms with van der Waals surface area (Å²) in [6, 6.07) is 12.6. The van der Waals surface area contributed by atoms with E-state index in [1.54, 1.807) is 0 Å². The molecule has 18 heteroatoms. The van der Waals surface area contributed by atoms with Crippen molar-refractivity contribution in [3.05, 3.63) is 70.0 Å². The minimum absolute atomic E-state index is 0.321. The van der Waals surface area contributed by atoms with Gasteiger partial charge in [-0.15, -0.1) is 0 Å². The Bertz CT molecular complexity index is 1890. The molecule has 0 radical (unpaired) electrons. The minimum atomic E-state index is -4.41. The number of benzene rings is 2. The van der Waals surface area contributed by atoms with E-state index >= 15 is 0 Å². The quantitative estimate of drug-likeness (QED) is 0.0922. The number of fused-ring (bicyclic) bond motifs is 2. The monoisotopic (exact) mass is 756 g/mol. The standard InChI is InChI=1S/C31H40N4O4.2CH4O4S/c1-9-38-30(36)28-24(18-34(3,4)5)22-16-20(11-13-26(22)32-28)15-21-12-14-27-23(17-21)25(19-35(6,7)8)29(33-27)31(37)39-10-2;2*1-5-6(2,3)4/h11-14,16-17H,9-10,15,18-19H2,1-8H3;2*1H3,(H,2,3,4). The van der Waals surface area contributed by atoms with Gasteiger partial charge in [0.2, 0.25) is 20.8 Å². The van der Waals surface area contributed by atoms with E-state index in [4.69, 9.17) is 9.47 Å². The Morgan fingerprint density at radius 2 is 0.961 bits per heavy atom. The van der Waals surface area contributed by atoms with Gasteiger partial charge >= 0.3 is 11.9 Å². The molecule has 0 amide bonds. The zero-order valence-electron chi connectivity index (χ0n) is 30.6. The predicted octanol–water partition coefficient (Wildman–Crippen LogP) is 3.19. The Labute approximate surface area is 299 Å².